The summed E-state index contributed by atoms with van der Waals surface area (Å²) in [5.41, 5.74) is 2.05. The van der Waals surface area contributed by atoms with Crippen LogP contribution in [0, 0.1) is 6.92 Å². The van der Waals surface area contributed by atoms with Gasteiger partial charge in [0, 0.05) is 30.2 Å². The molecule has 146 valence electrons. The number of nitrogens with one attached hydrogen (secondary N) is 2. The molecule has 0 saturated carbocycles. The van der Waals surface area contributed by atoms with Gasteiger partial charge >= 0.3 is 0 Å². The van der Waals surface area contributed by atoms with Gasteiger partial charge in [-0.05, 0) is 24.6 Å². The van der Waals surface area contributed by atoms with E-state index in [-0.39, 0.29) is 37.0 Å². The number of Topliss-reactive ketones (excluding diaryl/α,β-unsaturated/α-hetero) is 1. The van der Waals surface area contributed by atoms with E-state index in [1.165, 1.54) is 0 Å². The molecule has 0 unspecified atom stereocenters. The van der Waals surface area contributed by atoms with Crippen molar-refractivity contribution in [1.82, 2.24) is 5.32 Å². The maximum absolute atomic E-state index is 12.2. The molecule has 1 aliphatic rings. The van der Waals surface area contributed by atoms with E-state index in [0.717, 1.165) is 5.56 Å². The number of hydrogen-bond donors (Lipinski definition) is 2. The number of amides is 2. The highest BCUT2D eigenvalue weighted by atomic mass is 16.6. The molecule has 0 aromatic heterocycles. The third-order valence-electron chi connectivity index (χ3n) is 4.30. The number of hydrogen-bond acceptors (Lipinski definition) is 5. The normalized spacial score (nSPS) is 12.2. The van der Waals surface area contributed by atoms with Crippen LogP contribution in [0.5, 0.6) is 11.5 Å². The number of carbonyl (C=O) groups excluding carboxylic acids is 3. The molecule has 0 spiro atoms. The predicted molar refractivity (Wildman–Crippen MR) is 104 cm³/mol. The zero-order valence-corrected chi connectivity index (χ0v) is 15.6. The molecule has 0 fully saturated rings. The van der Waals surface area contributed by atoms with Gasteiger partial charge in [-0.3, -0.25) is 14.4 Å². The summed E-state index contributed by atoms with van der Waals surface area (Å²) in [6.45, 7) is 2.64. The molecule has 7 nitrogen and oxygen atoms in total. The summed E-state index contributed by atoms with van der Waals surface area (Å²) >= 11 is 0. The molecule has 0 aliphatic carbocycles. The van der Waals surface area contributed by atoms with Crippen LogP contribution in [0.2, 0.25) is 0 Å². The van der Waals surface area contributed by atoms with E-state index in [0.29, 0.717) is 36.0 Å². The monoisotopic (exact) mass is 382 g/mol. The Morgan fingerprint density at radius 2 is 1.68 bits per heavy atom. The minimum atomic E-state index is -0.366. The largest absolute Gasteiger partial charge is 0.486 e. The third-order valence-corrected chi connectivity index (χ3v) is 4.30. The first-order valence-corrected chi connectivity index (χ1v) is 9.08. The van der Waals surface area contributed by atoms with E-state index in [9.17, 15) is 14.4 Å². The minimum Gasteiger partial charge on any atom is -0.486 e. The van der Waals surface area contributed by atoms with Gasteiger partial charge in [-0.1, -0.05) is 24.3 Å². The second kappa shape index (κ2) is 9.03. The summed E-state index contributed by atoms with van der Waals surface area (Å²) in [6, 6.07) is 12.4. The van der Waals surface area contributed by atoms with E-state index >= 15 is 0 Å². The molecular formula is C21H22N2O5. The quantitative estimate of drug-likeness (QED) is 0.718. The molecule has 2 amide bonds. The number of anilines is 1. The van der Waals surface area contributed by atoms with Crippen LogP contribution in [0.25, 0.3) is 0 Å². The Bertz CT molecular complexity index is 894. The van der Waals surface area contributed by atoms with Crippen LogP contribution in [-0.4, -0.2) is 37.4 Å². The highest BCUT2D eigenvalue weighted by Gasteiger charge is 2.14. The molecule has 2 aromatic carbocycles. The van der Waals surface area contributed by atoms with E-state index in [2.05, 4.69) is 10.6 Å². The standard InChI is InChI=1S/C21H22N2O5/c1-14-4-2-3-5-16(14)17(24)7-9-20(25)22-13-21(26)23-15-6-8-18-19(12-15)28-11-10-27-18/h2-6,8,12H,7,9-11,13H2,1H3,(H,22,25)(H,23,26). The van der Waals surface area contributed by atoms with Gasteiger partial charge in [0.25, 0.3) is 0 Å². The van der Waals surface area contributed by atoms with Crippen molar-refractivity contribution in [2.75, 3.05) is 25.1 Å². The van der Waals surface area contributed by atoms with Crippen LogP contribution < -0.4 is 20.1 Å². The Balaban J connectivity index is 1.42. The lowest BCUT2D eigenvalue weighted by Crippen LogP contribution is -2.33. The second-order valence-corrected chi connectivity index (χ2v) is 6.42. The summed E-state index contributed by atoms with van der Waals surface area (Å²) in [5, 5.41) is 5.22. The fourth-order valence-corrected chi connectivity index (χ4v) is 2.84. The van der Waals surface area contributed by atoms with E-state index < -0.39 is 0 Å². The Labute approximate surface area is 163 Å². The van der Waals surface area contributed by atoms with Gasteiger partial charge in [0.05, 0.1) is 6.54 Å². The summed E-state index contributed by atoms with van der Waals surface area (Å²) in [5.74, 6) is 0.405. The van der Waals surface area contributed by atoms with Gasteiger partial charge in [-0.2, -0.15) is 0 Å². The smallest absolute Gasteiger partial charge is 0.243 e. The lowest BCUT2D eigenvalue weighted by Gasteiger charge is -2.19. The third kappa shape index (κ3) is 5.09. The number of rotatable bonds is 7. The average molecular weight is 382 g/mol. The molecule has 28 heavy (non-hydrogen) atoms. The van der Waals surface area contributed by atoms with Crippen LogP contribution in [0.15, 0.2) is 42.5 Å². The molecule has 2 N–H and O–H groups in total. The van der Waals surface area contributed by atoms with Crippen molar-refractivity contribution < 1.29 is 23.9 Å². The molecule has 7 heteroatoms. The molecule has 3 rings (SSSR count). The number of aryl methyl sites for hydroxylation is 1. The lowest BCUT2D eigenvalue weighted by atomic mass is 10.0. The fourth-order valence-electron chi connectivity index (χ4n) is 2.84. The van der Waals surface area contributed by atoms with Crippen molar-refractivity contribution in [3.05, 3.63) is 53.6 Å². The molecular weight excluding hydrogens is 360 g/mol. The molecule has 1 heterocycles. The van der Waals surface area contributed by atoms with Gasteiger partial charge < -0.3 is 20.1 Å². The second-order valence-electron chi connectivity index (χ2n) is 6.42. The van der Waals surface area contributed by atoms with Crippen LogP contribution in [-0.2, 0) is 9.59 Å². The lowest BCUT2D eigenvalue weighted by molar-refractivity contribution is -0.124. The molecule has 0 saturated heterocycles. The zero-order valence-electron chi connectivity index (χ0n) is 15.6. The van der Waals surface area contributed by atoms with Crippen LogP contribution >= 0.6 is 0 Å². The van der Waals surface area contributed by atoms with Gasteiger partial charge in [0.1, 0.15) is 13.2 Å². The summed E-state index contributed by atoms with van der Waals surface area (Å²) in [4.78, 5) is 36.1. The maximum atomic E-state index is 12.2. The zero-order chi connectivity index (χ0) is 19.9. The number of fused-ring (bicyclic) bond motifs is 1. The van der Waals surface area contributed by atoms with Gasteiger partial charge in [0.2, 0.25) is 11.8 Å². The number of carbonyl (C=O) groups is 3. The Kier molecular flexibility index (Phi) is 6.26. The van der Waals surface area contributed by atoms with Crippen molar-refractivity contribution in [1.29, 1.82) is 0 Å². The van der Waals surface area contributed by atoms with E-state index in [1.807, 2.05) is 19.1 Å². The molecule has 0 bridgehead atoms. The minimum absolute atomic E-state index is 0.0322. The molecule has 2 aromatic rings. The fraction of sp³-hybridized carbons (Fsp3) is 0.286. The maximum Gasteiger partial charge on any atom is 0.243 e. The number of benzene rings is 2. The van der Waals surface area contributed by atoms with Crippen LogP contribution in [0.3, 0.4) is 0 Å². The topological polar surface area (TPSA) is 93.7 Å². The van der Waals surface area contributed by atoms with Crippen molar-refractivity contribution in [2.45, 2.75) is 19.8 Å². The van der Waals surface area contributed by atoms with Crippen molar-refractivity contribution in [3.63, 3.8) is 0 Å². The van der Waals surface area contributed by atoms with Crippen LogP contribution in [0.4, 0.5) is 5.69 Å². The summed E-state index contributed by atoms with van der Waals surface area (Å²) in [7, 11) is 0. The van der Waals surface area contributed by atoms with E-state index in [1.54, 1.807) is 30.3 Å². The van der Waals surface area contributed by atoms with Gasteiger partial charge in [-0.25, -0.2) is 0 Å². The summed E-state index contributed by atoms with van der Waals surface area (Å²) in [6.07, 6.45) is 0.130. The Hall–Kier alpha value is -3.35. The molecule has 0 radical (unpaired) electrons. The highest BCUT2D eigenvalue weighted by molar-refractivity contribution is 5.99. The summed E-state index contributed by atoms with van der Waals surface area (Å²) < 4.78 is 10.9. The van der Waals surface area contributed by atoms with Gasteiger partial charge in [0.15, 0.2) is 17.3 Å². The molecule has 0 atom stereocenters. The predicted octanol–water partition coefficient (Wildman–Crippen LogP) is 2.48. The average Bonchev–Trinajstić information content (AvgIpc) is 2.70. The van der Waals surface area contributed by atoms with Gasteiger partial charge in [-0.15, -0.1) is 0 Å². The highest BCUT2D eigenvalue weighted by Crippen LogP contribution is 2.32. The SMILES string of the molecule is Cc1ccccc1C(=O)CCC(=O)NCC(=O)Nc1ccc2c(c1)OCCO2. The number of ketones is 1. The van der Waals surface area contributed by atoms with Crippen molar-refractivity contribution in [2.24, 2.45) is 0 Å². The van der Waals surface area contributed by atoms with E-state index in [4.69, 9.17) is 9.47 Å². The molecule has 1 aliphatic heterocycles. The van der Waals surface area contributed by atoms with Crippen molar-refractivity contribution in [3.8, 4) is 11.5 Å². The first-order valence-electron chi connectivity index (χ1n) is 9.08. The Morgan fingerprint density at radius 1 is 0.929 bits per heavy atom. The number of ether oxygens (including phenoxy) is 2. The first-order chi connectivity index (χ1) is 13.5. The van der Waals surface area contributed by atoms with Crippen LogP contribution in [0.1, 0.15) is 28.8 Å². The Morgan fingerprint density at radius 3 is 2.46 bits per heavy atom. The van der Waals surface area contributed by atoms with Crippen molar-refractivity contribution >= 4 is 23.3 Å². The first kappa shape index (κ1) is 19.4.